The Morgan fingerprint density at radius 2 is 2.00 bits per heavy atom. The number of benzene rings is 1. The molecule has 0 aliphatic heterocycles. The van der Waals surface area contributed by atoms with E-state index in [1.165, 1.54) is 0 Å². The van der Waals surface area contributed by atoms with Gasteiger partial charge in [0.15, 0.2) is 5.78 Å². The summed E-state index contributed by atoms with van der Waals surface area (Å²) in [7, 11) is 0. The molecule has 0 bridgehead atoms. The smallest absolute Gasteiger partial charge is 0.196 e. The maximum Gasteiger partial charge on any atom is 0.196 e. The van der Waals surface area contributed by atoms with E-state index in [2.05, 4.69) is 0 Å². The lowest BCUT2D eigenvalue weighted by Crippen LogP contribution is -2.35. The summed E-state index contributed by atoms with van der Waals surface area (Å²) < 4.78 is 31.2. The van der Waals surface area contributed by atoms with E-state index in [1.54, 1.807) is 20.8 Å². The number of halogens is 2. The fourth-order valence-corrected chi connectivity index (χ4v) is 1.42. The molecule has 16 heavy (non-hydrogen) atoms. The molecule has 0 fully saturated rings. The summed E-state index contributed by atoms with van der Waals surface area (Å²) in [5.74, 6) is -2.06. The predicted octanol–water partition coefficient (Wildman–Crippen LogP) is 2.96. The third kappa shape index (κ3) is 2.64. The van der Waals surface area contributed by atoms with E-state index in [0.29, 0.717) is 12.7 Å². The largest absolute Gasteiger partial charge is 0.368 e. The first-order valence-corrected chi connectivity index (χ1v) is 5.02. The molecule has 1 aromatic carbocycles. The van der Waals surface area contributed by atoms with Crippen LogP contribution in [0.4, 0.5) is 8.78 Å². The summed E-state index contributed by atoms with van der Waals surface area (Å²) in [5, 5.41) is 0. The van der Waals surface area contributed by atoms with Gasteiger partial charge >= 0.3 is 0 Å². The highest BCUT2D eigenvalue weighted by Gasteiger charge is 2.30. The van der Waals surface area contributed by atoms with Gasteiger partial charge in [0.1, 0.15) is 17.2 Å². The molecule has 0 aromatic heterocycles. The molecule has 0 saturated heterocycles. The Kier molecular flexibility index (Phi) is 3.75. The molecule has 0 N–H and O–H groups in total. The molecule has 0 spiro atoms. The Hall–Kier alpha value is -1.29. The highest BCUT2D eigenvalue weighted by Crippen LogP contribution is 2.20. The number of hydrogen-bond acceptors (Lipinski definition) is 2. The van der Waals surface area contributed by atoms with Crippen LogP contribution in [0.5, 0.6) is 0 Å². The second-order valence-corrected chi connectivity index (χ2v) is 3.90. The average molecular weight is 228 g/mol. The monoisotopic (exact) mass is 228 g/mol. The number of hydrogen-bond donors (Lipinski definition) is 0. The first-order valence-electron chi connectivity index (χ1n) is 5.02. The third-order valence-electron chi connectivity index (χ3n) is 2.23. The van der Waals surface area contributed by atoms with Gasteiger partial charge in [0.25, 0.3) is 0 Å². The van der Waals surface area contributed by atoms with Crippen molar-refractivity contribution in [2.45, 2.75) is 26.4 Å². The minimum atomic E-state index is -1.10. The molecule has 0 heterocycles. The highest BCUT2D eigenvalue weighted by molar-refractivity contribution is 6.02. The summed E-state index contributed by atoms with van der Waals surface area (Å²) in [6.45, 7) is 5.21. The highest BCUT2D eigenvalue weighted by atomic mass is 19.1. The molecule has 1 aromatic rings. The van der Waals surface area contributed by atoms with Gasteiger partial charge < -0.3 is 4.74 Å². The van der Waals surface area contributed by atoms with Crippen LogP contribution in [0.25, 0.3) is 0 Å². The number of Topliss-reactive ketones (excluding diaryl/α,β-unsaturated/α-hetero) is 1. The van der Waals surface area contributed by atoms with Crippen molar-refractivity contribution >= 4 is 5.78 Å². The molecule has 0 saturated carbocycles. The molecule has 4 heteroatoms. The van der Waals surface area contributed by atoms with Gasteiger partial charge in [-0.2, -0.15) is 0 Å². The van der Waals surface area contributed by atoms with E-state index in [4.69, 9.17) is 4.74 Å². The Morgan fingerprint density at radius 3 is 2.50 bits per heavy atom. The number of ether oxygens (including phenoxy) is 1. The summed E-state index contributed by atoms with van der Waals surface area (Å²) in [6, 6.07) is 2.88. The number of carbonyl (C=O) groups is 1. The van der Waals surface area contributed by atoms with Crippen molar-refractivity contribution in [1.82, 2.24) is 0 Å². The van der Waals surface area contributed by atoms with Gasteiger partial charge in [-0.25, -0.2) is 8.78 Å². The second-order valence-electron chi connectivity index (χ2n) is 3.90. The minimum absolute atomic E-state index is 0.153. The Morgan fingerprint density at radius 1 is 1.38 bits per heavy atom. The maximum absolute atomic E-state index is 13.4. The Balaban J connectivity index is 3.05. The van der Waals surface area contributed by atoms with Crippen LogP contribution >= 0.6 is 0 Å². The summed E-state index contributed by atoms with van der Waals surface area (Å²) in [5.41, 5.74) is -1.26. The van der Waals surface area contributed by atoms with Crippen LogP contribution in [0.15, 0.2) is 18.2 Å². The van der Waals surface area contributed by atoms with E-state index in [-0.39, 0.29) is 5.56 Å². The second kappa shape index (κ2) is 4.70. The van der Waals surface area contributed by atoms with E-state index in [9.17, 15) is 13.6 Å². The molecule has 1 rings (SSSR count). The third-order valence-corrected chi connectivity index (χ3v) is 2.23. The van der Waals surface area contributed by atoms with E-state index in [0.717, 1.165) is 12.1 Å². The lowest BCUT2D eigenvalue weighted by Gasteiger charge is -2.23. The zero-order chi connectivity index (χ0) is 12.3. The zero-order valence-corrected chi connectivity index (χ0v) is 9.51. The van der Waals surface area contributed by atoms with Crippen molar-refractivity contribution in [1.29, 1.82) is 0 Å². The lowest BCUT2D eigenvalue weighted by molar-refractivity contribution is 0.000945. The quantitative estimate of drug-likeness (QED) is 0.740. The van der Waals surface area contributed by atoms with Gasteiger partial charge in [0.2, 0.25) is 0 Å². The average Bonchev–Trinajstić information content (AvgIpc) is 2.16. The molecule has 0 aliphatic rings. The van der Waals surface area contributed by atoms with Crippen molar-refractivity contribution < 1.29 is 18.3 Å². The fourth-order valence-electron chi connectivity index (χ4n) is 1.42. The number of carbonyl (C=O) groups excluding carboxylic acids is 1. The fraction of sp³-hybridized carbons (Fsp3) is 0.417. The maximum atomic E-state index is 13.4. The van der Waals surface area contributed by atoms with E-state index >= 15 is 0 Å². The summed E-state index contributed by atoms with van der Waals surface area (Å²) in [4.78, 5) is 11.9. The molecular weight excluding hydrogens is 214 g/mol. The van der Waals surface area contributed by atoms with E-state index < -0.39 is 23.0 Å². The molecule has 0 unspecified atom stereocenters. The molecule has 2 nitrogen and oxygen atoms in total. The van der Waals surface area contributed by atoms with Crippen LogP contribution in [0, 0.1) is 11.6 Å². The zero-order valence-electron chi connectivity index (χ0n) is 9.51. The van der Waals surface area contributed by atoms with Crippen LogP contribution in [0.1, 0.15) is 31.1 Å². The van der Waals surface area contributed by atoms with Crippen molar-refractivity contribution in [3.63, 3.8) is 0 Å². The first kappa shape index (κ1) is 12.8. The lowest BCUT2D eigenvalue weighted by atomic mass is 9.96. The van der Waals surface area contributed by atoms with Crippen LogP contribution in [0.3, 0.4) is 0 Å². The van der Waals surface area contributed by atoms with Crippen molar-refractivity contribution in [3.8, 4) is 0 Å². The molecule has 0 radical (unpaired) electrons. The molecule has 0 atom stereocenters. The molecule has 88 valence electrons. The van der Waals surface area contributed by atoms with E-state index in [1.807, 2.05) is 0 Å². The minimum Gasteiger partial charge on any atom is -0.368 e. The summed E-state index contributed by atoms with van der Waals surface area (Å²) in [6.07, 6.45) is 0. The van der Waals surface area contributed by atoms with Crippen LogP contribution in [-0.2, 0) is 4.74 Å². The molecule has 0 amide bonds. The van der Waals surface area contributed by atoms with Crippen molar-refractivity contribution in [3.05, 3.63) is 35.4 Å². The molecule has 0 aliphatic carbocycles. The standard InChI is InChI=1S/C12H14F2O2/c1-4-16-12(2,3)11(15)9-6-5-8(13)7-10(9)14/h5-7H,4H2,1-3H3. The Labute approximate surface area is 93.2 Å². The van der Waals surface area contributed by atoms with Crippen molar-refractivity contribution in [2.24, 2.45) is 0 Å². The normalized spacial score (nSPS) is 11.6. The van der Waals surface area contributed by atoms with Gasteiger partial charge in [-0.3, -0.25) is 4.79 Å². The van der Waals surface area contributed by atoms with Gasteiger partial charge in [0.05, 0.1) is 5.56 Å². The topological polar surface area (TPSA) is 26.3 Å². The van der Waals surface area contributed by atoms with Gasteiger partial charge in [-0.1, -0.05) is 0 Å². The Bertz CT molecular complexity index is 400. The molecular formula is C12H14F2O2. The van der Waals surface area contributed by atoms with Crippen LogP contribution in [-0.4, -0.2) is 18.0 Å². The SMILES string of the molecule is CCOC(C)(C)C(=O)c1ccc(F)cc1F. The number of ketones is 1. The van der Waals surface area contributed by atoms with Gasteiger partial charge in [-0.15, -0.1) is 0 Å². The summed E-state index contributed by atoms with van der Waals surface area (Å²) >= 11 is 0. The predicted molar refractivity (Wildman–Crippen MR) is 56.4 cm³/mol. The van der Waals surface area contributed by atoms with Crippen LogP contribution in [0.2, 0.25) is 0 Å². The first-order chi connectivity index (χ1) is 7.38. The van der Waals surface area contributed by atoms with Crippen LogP contribution < -0.4 is 0 Å². The van der Waals surface area contributed by atoms with Gasteiger partial charge in [-0.05, 0) is 32.9 Å². The van der Waals surface area contributed by atoms with Gasteiger partial charge in [0, 0.05) is 12.7 Å². The van der Waals surface area contributed by atoms with Crippen molar-refractivity contribution in [2.75, 3.05) is 6.61 Å². The number of rotatable bonds is 4.